The van der Waals surface area contributed by atoms with E-state index in [1.165, 1.54) is 6.26 Å². The molecule has 3 nitrogen and oxygen atoms in total. The van der Waals surface area contributed by atoms with Crippen molar-refractivity contribution in [3.63, 3.8) is 0 Å². The van der Waals surface area contributed by atoms with Crippen LogP contribution in [0.4, 0.5) is 0 Å². The minimum Gasteiger partial charge on any atom is -0.457 e. The predicted octanol–water partition coefficient (Wildman–Crippen LogP) is 3.29. The van der Waals surface area contributed by atoms with E-state index in [0.717, 1.165) is 5.56 Å². The van der Waals surface area contributed by atoms with Gasteiger partial charge >= 0.3 is 5.97 Å². The zero-order valence-electron chi connectivity index (χ0n) is 8.35. The van der Waals surface area contributed by atoms with E-state index in [9.17, 15) is 4.79 Å². The maximum absolute atomic E-state index is 11.4. The Balaban J connectivity index is 1.93. The first-order valence-electron chi connectivity index (χ1n) is 4.71. The van der Waals surface area contributed by atoms with Gasteiger partial charge in [0.05, 0.1) is 6.26 Å². The Labute approximate surface area is 97.6 Å². The van der Waals surface area contributed by atoms with Gasteiger partial charge in [0.1, 0.15) is 6.61 Å². The molecule has 0 aliphatic rings. The Kier molecular flexibility index (Phi) is 3.27. The summed E-state index contributed by atoms with van der Waals surface area (Å²) in [6, 6.07) is 10.3. The second-order valence-electron chi connectivity index (χ2n) is 3.18. The van der Waals surface area contributed by atoms with Crippen molar-refractivity contribution in [1.29, 1.82) is 0 Å². The van der Waals surface area contributed by atoms with Crippen molar-refractivity contribution in [1.82, 2.24) is 0 Å². The molecule has 0 N–H and O–H groups in total. The van der Waals surface area contributed by atoms with Gasteiger partial charge in [-0.25, -0.2) is 4.79 Å². The first-order valence-corrected chi connectivity index (χ1v) is 5.08. The van der Waals surface area contributed by atoms with Gasteiger partial charge in [-0.3, -0.25) is 0 Å². The van der Waals surface area contributed by atoms with Crippen LogP contribution in [0.3, 0.4) is 0 Å². The van der Waals surface area contributed by atoms with Crippen molar-refractivity contribution in [3.05, 3.63) is 59.0 Å². The van der Waals surface area contributed by atoms with Gasteiger partial charge in [0.25, 0.3) is 0 Å². The lowest BCUT2D eigenvalue weighted by Gasteiger charge is -2.02. The standard InChI is InChI=1S/C12H9ClO3/c13-10-5-3-9(4-6-10)8-16-12(14)11-2-1-7-15-11/h1-7H,8H2. The molecule has 2 aromatic rings. The van der Waals surface area contributed by atoms with Crippen LogP contribution >= 0.6 is 11.6 Å². The minimum absolute atomic E-state index is 0.203. The summed E-state index contributed by atoms with van der Waals surface area (Å²) >= 11 is 5.73. The van der Waals surface area contributed by atoms with Crippen molar-refractivity contribution in [2.45, 2.75) is 6.61 Å². The summed E-state index contributed by atoms with van der Waals surface area (Å²) < 4.78 is 9.94. The highest BCUT2D eigenvalue weighted by molar-refractivity contribution is 6.30. The monoisotopic (exact) mass is 236 g/mol. The number of hydrogen-bond acceptors (Lipinski definition) is 3. The molecule has 0 saturated heterocycles. The first kappa shape index (κ1) is 10.8. The first-order chi connectivity index (χ1) is 7.75. The molecule has 16 heavy (non-hydrogen) atoms. The van der Waals surface area contributed by atoms with Crippen LogP contribution < -0.4 is 0 Å². The van der Waals surface area contributed by atoms with E-state index in [2.05, 4.69) is 0 Å². The van der Waals surface area contributed by atoms with Gasteiger partial charge in [-0.05, 0) is 29.8 Å². The maximum Gasteiger partial charge on any atom is 0.374 e. The van der Waals surface area contributed by atoms with Gasteiger partial charge in [-0.1, -0.05) is 23.7 Å². The lowest BCUT2D eigenvalue weighted by Crippen LogP contribution is -2.03. The number of esters is 1. The number of hydrogen-bond donors (Lipinski definition) is 0. The molecule has 1 aromatic carbocycles. The summed E-state index contributed by atoms with van der Waals surface area (Å²) in [6.45, 7) is 0.205. The Hall–Kier alpha value is -1.74. The smallest absolute Gasteiger partial charge is 0.374 e. The number of halogens is 1. The van der Waals surface area contributed by atoms with Crippen LogP contribution in [0, 0.1) is 0 Å². The Morgan fingerprint density at radius 3 is 2.62 bits per heavy atom. The molecule has 0 unspecified atom stereocenters. The van der Waals surface area contributed by atoms with E-state index in [1.807, 2.05) is 0 Å². The Bertz CT molecular complexity index is 460. The molecular formula is C12H9ClO3. The van der Waals surface area contributed by atoms with Gasteiger partial charge in [-0.15, -0.1) is 0 Å². The van der Waals surface area contributed by atoms with E-state index < -0.39 is 5.97 Å². The molecule has 2 rings (SSSR count). The van der Waals surface area contributed by atoms with Crippen LogP contribution in [0.5, 0.6) is 0 Å². The summed E-state index contributed by atoms with van der Waals surface area (Å²) in [5.41, 5.74) is 0.879. The average molecular weight is 237 g/mol. The second-order valence-corrected chi connectivity index (χ2v) is 3.62. The second kappa shape index (κ2) is 4.86. The van der Waals surface area contributed by atoms with E-state index in [4.69, 9.17) is 20.8 Å². The van der Waals surface area contributed by atoms with Gasteiger partial charge in [0, 0.05) is 5.02 Å². The molecule has 4 heteroatoms. The van der Waals surface area contributed by atoms with E-state index >= 15 is 0 Å². The molecule has 1 heterocycles. The zero-order chi connectivity index (χ0) is 11.4. The highest BCUT2D eigenvalue weighted by atomic mass is 35.5. The number of rotatable bonds is 3. The Morgan fingerprint density at radius 1 is 1.25 bits per heavy atom. The summed E-state index contributed by atoms with van der Waals surface area (Å²) in [4.78, 5) is 11.4. The topological polar surface area (TPSA) is 39.4 Å². The SMILES string of the molecule is O=C(OCc1ccc(Cl)cc1)c1ccco1. The van der Waals surface area contributed by atoms with Gasteiger partial charge < -0.3 is 9.15 Å². The summed E-state index contributed by atoms with van der Waals surface area (Å²) in [5, 5.41) is 0.654. The Morgan fingerprint density at radius 2 is 2.00 bits per heavy atom. The van der Waals surface area contributed by atoms with Crippen LogP contribution in [-0.2, 0) is 11.3 Å². The highest BCUT2D eigenvalue weighted by Crippen LogP contribution is 2.11. The van der Waals surface area contributed by atoms with Crippen molar-refractivity contribution in [3.8, 4) is 0 Å². The fourth-order valence-corrected chi connectivity index (χ4v) is 1.32. The highest BCUT2D eigenvalue weighted by Gasteiger charge is 2.09. The van der Waals surface area contributed by atoms with E-state index in [1.54, 1.807) is 36.4 Å². The minimum atomic E-state index is -0.472. The number of carbonyl (C=O) groups excluding carboxylic acids is 1. The molecule has 82 valence electrons. The maximum atomic E-state index is 11.4. The summed E-state index contributed by atoms with van der Waals surface area (Å²) in [7, 11) is 0. The van der Waals surface area contributed by atoms with Gasteiger partial charge in [0.15, 0.2) is 0 Å². The van der Waals surface area contributed by atoms with Crippen molar-refractivity contribution in [2.75, 3.05) is 0 Å². The van der Waals surface area contributed by atoms with E-state index in [0.29, 0.717) is 5.02 Å². The molecule has 0 radical (unpaired) electrons. The van der Waals surface area contributed by atoms with Gasteiger partial charge in [-0.2, -0.15) is 0 Å². The van der Waals surface area contributed by atoms with Crippen molar-refractivity contribution < 1.29 is 13.9 Å². The molecule has 0 amide bonds. The third-order valence-corrected chi connectivity index (χ3v) is 2.26. The summed E-state index contributed by atoms with van der Waals surface area (Å²) in [5.74, 6) is -0.270. The molecule has 0 bridgehead atoms. The molecule has 0 aliphatic heterocycles. The fourth-order valence-electron chi connectivity index (χ4n) is 1.20. The largest absolute Gasteiger partial charge is 0.457 e. The molecule has 0 saturated carbocycles. The average Bonchev–Trinajstić information content (AvgIpc) is 2.81. The van der Waals surface area contributed by atoms with Crippen LogP contribution in [0.2, 0.25) is 5.02 Å². The lowest BCUT2D eigenvalue weighted by atomic mass is 10.2. The van der Waals surface area contributed by atoms with Crippen molar-refractivity contribution >= 4 is 17.6 Å². The quantitative estimate of drug-likeness (QED) is 0.768. The third-order valence-electron chi connectivity index (χ3n) is 2.01. The predicted molar refractivity (Wildman–Crippen MR) is 59.3 cm³/mol. The molecule has 1 aromatic heterocycles. The third kappa shape index (κ3) is 2.64. The number of ether oxygens (including phenoxy) is 1. The summed E-state index contributed by atoms with van der Waals surface area (Å²) in [6.07, 6.45) is 1.43. The number of carbonyl (C=O) groups is 1. The normalized spacial score (nSPS) is 10.1. The molecule has 0 aliphatic carbocycles. The molecule has 0 fully saturated rings. The van der Waals surface area contributed by atoms with Crippen LogP contribution in [-0.4, -0.2) is 5.97 Å². The zero-order valence-corrected chi connectivity index (χ0v) is 9.11. The number of benzene rings is 1. The van der Waals surface area contributed by atoms with E-state index in [-0.39, 0.29) is 12.4 Å². The van der Waals surface area contributed by atoms with Gasteiger partial charge in [0.2, 0.25) is 5.76 Å². The number of furan rings is 1. The molecular weight excluding hydrogens is 228 g/mol. The van der Waals surface area contributed by atoms with Crippen LogP contribution in [0.25, 0.3) is 0 Å². The van der Waals surface area contributed by atoms with Crippen LogP contribution in [0.15, 0.2) is 47.1 Å². The lowest BCUT2D eigenvalue weighted by molar-refractivity contribution is 0.0436. The molecule has 0 spiro atoms. The van der Waals surface area contributed by atoms with Crippen molar-refractivity contribution in [2.24, 2.45) is 0 Å². The molecule has 0 atom stereocenters. The fraction of sp³-hybridized carbons (Fsp3) is 0.0833. The van der Waals surface area contributed by atoms with Crippen LogP contribution in [0.1, 0.15) is 16.1 Å².